The van der Waals surface area contributed by atoms with Crippen molar-refractivity contribution in [3.8, 4) is 0 Å². The van der Waals surface area contributed by atoms with Gasteiger partial charge in [0.25, 0.3) is 0 Å². The van der Waals surface area contributed by atoms with Crippen molar-refractivity contribution in [1.82, 2.24) is 0 Å². The van der Waals surface area contributed by atoms with Crippen molar-refractivity contribution in [3.05, 3.63) is 22.2 Å². The first-order chi connectivity index (χ1) is 9.59. The lowest BCUT2D eigenvalue weighted by molar-refractivity contribution is 0.00578. The van der Waals surface area contributed by atoms with Crippen LogP contribution in [0.25, 0.3) is 0 Å². The maximum atomic E-state index is 6.23. The largest absolute Gasteiger partial charge is 0.496 e. The molecule has 2 rings (SSSR count). The number of thioether (sulfide) groups is 1. The number of halogens is 1. The third-order valence-corrected chi connectivity index (χ3v) is 6.22. The summed E-state index contributed by atoms with van der Waals surface area (Å²) in [6, 6.07) is 4.43. The van der Waals surface area contributed by atoms with Crippen LogP contribution >= 0.6 is 27.7 Å². The van der Waals surface area contributed by atoms with Crippen molar-refractivity contribution in [1.29, 1.82) is 0 Å². The minimum Gasteiger partial charge on any atom is -0.399 e. The second kappa shape index (κ2) is 5.91. The van der Waals surface area contributed by atoms with Crippen LogP contribution in [-0.2, 0) is 9.31 Å². The van der Waals surface area contributed by atoms with Crippen LogP contribution < -0.4 is 5.46 Å². The molecule has 1 fully saturated rings. The number of benzene rings is 1. The Kier molecular flexibility index (Phi) is 4.90. The topological polar surface area (TPSA) is 18.5 Å². The minimum atomic E-state index is -0.313. The van der Waals surface area contributed by atoms with Gasteiger partial charge in [-0.05, 0) is 72.9 Å². The number of hydrogen-bond acceptors (Lipinski definition) is 3. The van der Waals surface area contributed by atoms with Gasteiger partial charge in [0.2, 0.25) is 0 Å². The molecule has 1 saturated heterocycles. The fourth-order valence-electron chi connectivity index (χ4n) is 2.33. The summed E-state index contributed by atoms with van der Waals surface area (Å²) in [7, 11) is -0.313. The molecule has 5 heteroatoms. The molecular formula is C16H24BBrO2S. The SMILES string of the molecule is CSc1c(Br)cc(C(C)C)cc1B1OC(C)(C)C(C)(C)O1. The molecule has 0 spiro atoms. The van der Waals surface area contributed by atoms with E-state index in [1.807, 2.05) is 0 Å². The van der Waals surface area contributed by atoms with Gasteiger partial charge in [0.1, 0.15) is 0 Å². The molecule has 1 heterocycles. The normalized spacial score (nSPS) is 20.3. The lowest BCUT2D eigenvalue weighted by Gasteiger charge is -2.32. The Hall–Kier alpha value is 0.0349. The summed E-state index contributed by atoms with van der Waals surface area (Å²) >= 11 is 5.42. The maximum absolute atomic E-state index is 6.23. The van der Waals surface area contributed by atoms with E-state index in [1.54, 1.807) is 11.8 Å². The van der Waals surface area contributed by atoms with Gasteiger partial charge in [-0.3, -0.25) is 0 Å². The predicted molar refractivity (Wildman–Crippen MR) is 95.7 cm³/mol. The fourth-order valence-corrected chi connectivity index (χ4v) is 3.95. The molecule has 1 aromatic carbocycles. The maximum Gasteiger partial charge on any atom is 0.496 e. The zero-order valence-corrected chi connectivity index (χ0v) is 16.3. The van der Waals surface area contributed by atoms with E-state index < -0.39 is 0 Å². The van der Waals surface area contributed by atoms with Crippen LogP contribution in [0.2, 0.25) is 0 Å². The second-order valence-corrected chi connectivity index (χ2v) is 8.54. The van der Waals surface area contributed by atoms with Crippen LogP contribution in [0.4, 0.5) is 0 Å². The van der Waals surface area contributed by atoms with Crippen LogP contribution in [0.5, 0.6) is 0 Å². The molecule has 0 saturated carbocycles. The highest BCUT2D eigenvalue weighted by atomic mass is 79.9. The van der Waals surface area contributed by atoms with Gasteiger partial charge >= 0.3 is 7.12 Å². The zero-order chi connectivity index (χ0) is 16.0. The van der Waals surface area contributed by atoms with Gasteiger partial charge in [-0.1, -0.05) is 19.9 Å². The average molecular weight is 371 g/mol. The van der Waals surface area contributed by atoms with Crippen LogP contribution in [0.1, 0.15) is 53.0 Å². The summed E-state index contributed by atoms with van der Waals surface area (Å²) in [6.45, 7) is 12.8. The van der Waals surface area contributed by atoms with E-state index in [9.17, 15) is 0 Å². The Balaban J connectivity index is 2.49. The fraction of sp³-hybridized carbons (Fsp3) is 0.625. The highest BCUT2D eigenvalue weighted by Gasteiger charge is 2.52. The first-order valence-electron chi connectivity index (χ1n) is 7.32. The molecule has 0 atom stereocenters. The van der Waals surface area contributed by atoms with Gasteiger partial charge in [0.15, 0.2) is 0 Å². The van der Waals surface area contributed by atoms with Gasteiger partial charge in [0, 0.05) is 9.37 Å². The van der Waals surface area contributed by atoms with Gasteiger partial charge < -0.3 is 9.31 Å². The Morgan fingerprint density at radius 3 is 2.05 bits per heavy atom. The van der Waals surface area contributed by atoms with E-state index in [0.717, 1.165) is 9.94 Å². The Labute approximate surface area is 141 Å². The van der Waals surface area contributed by atoms with Crippen molar-refractivity contribution in [2.75, 3.05) is 6.26 Å². The van der Waals surface area contributed by atoms with Gasteiger partial charge in [0.05, 0.1) is 11.2 Å². The Bertz CT molecular complexity index is 527. The smallest absolute Gasteiger partial charge is 0.399 e. The molecule has 0 aliphatic carbocycles. The van der Waals surface area contributed by atoms with Gasteiger partial charge in [-0.15, -0.1) is 11.8 Å². The molecule has 1 aliphatic rings. The molecule has 0 bridgehead atoms. The molecule has 116 valence electrons. The third-order valence-electron chi connectivity index (χ3n) is 4.47. The van der Waals surface area contributed by atoms with Crippen molar-refractivity contribution in [2.24, 2.45) is 0 Å². The lowest BCUT2D eigenvalue weighted by Crippen LogP contribution is -2.41. The van der Waals surface area contributed by atoms with E-state index in [1.165, 1.54) is 10.5 Å². The Morgan fingerprint density at radius 2 is 1.62 bits per heavy atom. The molecule has 21 heavy (non-hydrogen) atoms. The summed E-state index contributed by atoms with van der Waals surface area (Å²) in [6.07, 6.45) is 2.09. The standard InChI is InChI=1S/C16H24BBrO2S/c1-10(2)11-8-12(14(21-7)13(18)9-11)17-19-15(3,4)16(5,6)20-17/h8-10H,1-7H3. The first-order valence-corrected chi connectivity index (χ1v) is 9.34. The molecule has 2 nitrogen and oxygen atoms in total. The molecule has 0 unspecified atom stereocenters. The van der Waals surface area contributed by atoms with Crippen molar-refractivity contribution < 1.29 is 9.31 Å². The highest BCUT2D eigenvalue weighted by Crippen LogP contribution is 2.38. The number of hydrogen-bond donors (Lipinski definition) is 0. The van der Waals surface area contributed by atoms with Gasteiger partial charge in [-0.2, -0.15) is 0 Å². The lowest BCUT2D eigenvalue weighted by atomic mass is 9.77. The molecule has 0 radical (unpaired) electrons. The summed E-state index contributed by atoms with van der Waals surface area (Å²) < 4.78 is 13.6. The average Bonchev–Trinajstić information content (AvgIpc) is 2.57. The van der Waals surface area contributed by atoms with Crippen LogP contribution in [0, 0.1) is 0 Å². The van der Waals surface area contributed by atoms with Crippen molar-refractivity contribution in [2.45, 2.75) is 63.6 Å². The third kappa shape index (κ3) is 3.21. The van der Waals surface area contributed by atoms with Crippen molar-refractivity contribution >= 4 is 40.3 Å². The highest BCUT2D eigenvalue weighted by molar-refractivity contribution is 9.10. The van der Waals surface area contributed by atoms with Crippen LogP contribution in [0.3, 0.4) is 0 Å². The summed E-state index contributed by atoms with van der Waals surface area (Å²) in [4.78, 5) is 1.19. The summed E-state index contributed by atoms with van der Waals surface area (Å²) in [5.41, 5.74) is 1.80. The van der Waals surface area contributed by atoms with Crippen molar-refractivity contribution in [3.63, 3.8) is 0 Å². The molecule has 0 amide bonds. The predicted octanol–water partition coefficient (Wildman–Crippen LogP) is 4.59. The summed E-state index contributed by atoms with van der Waals surface area (Å²) in [5, 5.41) is 0. The molecule has 0 aromatic heterocycles. The van der Waals surface area contributed by atoms with Crippen LogP contribution in [-0.4, -0.2) is 24.6 Å². The van der Waals surface area contributed by atoms with Gasteiger partial charge in [-0.25, -0.2) is 0 Å². The summed E-state index contributed by atoms with van der Waals surface area (Å²) in [5.74, 6) is 0.471. The monoisotopic (exact) mass is 370 g/mol. The minimum absolute atomic E-state index is 0.312. The Morgan fingerprint density at radius 1 is 1.10 bits per heavy atom. The first kappa shape index (κ1) is 17.4. The molecule has 1 aromatic rings. The molecular weight excluding hydrogens is 347 g/mol. The van der Waals surface area contributed by atoms with E-state index in [2.05, 4.69) is 75.9 Å². The molecule has 1 aliphatic heterocycles. The second-order valence-electron chi connectivity index (χ2n) is 6.87. The van der Waals surface area contributed by atoms with E-state index in [-0.39, 0.29) is 18.3 Å². The number of rotatable bonds is 3. The van der Waals surface area contributed by atoms with E-state index in [0.29, 0.717) is 5.92 Å². The van der Waals surface area contributed by atoms with Crippen LogP contribution in [0.15, 0.2) is 21.5 Å². The quantitative estimate of drug-likeness (QED) is 0.572. The zero-order valence-electron chi connectivity index (χ0n) is 13.9. The van der Waals surface area contributed by atoms with E-state index >= 15 is 0 Å². The van der Waals surface area contributed by atoms with E-state index in [4.69, 9.17) is 9.31 Å². The molecule has 0 N–H and O–H groups in total.